The van der Waals surface area contributed by atoms with E-state index in [1.807, 2.05) is 0 Å². The summed E-state index contributed by atoms with van der Waals surface area (Å²) in [5.41, 5.74) is 1.24. The zero-order valence-electron chi connectivity index (χ0n) is 24.6. The molecule has 2 N–H and O–H groups in total. The van der Waals surface area contributed by atoms with Crippen molar-refractivity contribution in [1.29, 1.82) is 0 Å². The normalized spacial score (nSPS) is 14.6. The summed E-state index contributed by atoms with van der Waals surface area (Å²) in [6, 6.07) is 32.4. The average Bonchev–Trinajstić information content (AvgIpc) is 3.69. The van der Waals surface area contributed by atoms with Crippen LogP contribution in [0.3, 0.4) is 0 Å². The van der Waals surface area contributed by atoms with Gasteiger partial charge in [-0.1, -0.05) is 35.9 Å². The van der Waals surface area contributed by atoms with Crippen LogP contribution in [-0.2, 0) is 14.4 Å². The number of imide groups is 1. The summed E-state index contributed by atoms with van der Waals surface area (Å²) in [5.74, 6) is -0.159. The monoisotopic (exact) mass is 663 g/mol. The Morgan fingerprint density at radius 1 is 0.872 bits per heavy atom. The van der Waals surface area contributed by atoms with Gasteiger partial charge in [0, 0.05) is 33.7 Å². The largest absolute Gasteiger partial charge is 0.465 e. The predicted molar refractivity (Wildman–Crippen MR) is 180 cm³/mol. The standard InChI is InChI=1S/C36H26ClN3O6S/c37-24-11-15-27(16-12-24)46-28-17-13-26(14-18-28)40-33(41)22-32(36(40)44)47-30-10-4-8-25(20-30)38-35(43)31(21-29-9-5-19-45-29)39-34(42)23-6-2-1-3-7-23/h1-21,32H,22H2,(H,38,43)(H,39,42). The van der Waals surface area contributed by atoms with Crippen molar-refractivity contribution in [3.8, 4) is 11.5 Å². The van der Waals surface area contributed by atoms with E-state index in [-0.39, 0.29) is 23.9 Å². The number of halogens is 1. The molecule has 234 valence electrons. The number of hydrogen-bond donors (Lipinski definition) is 2. The van der Waals surface area contributed by atoms with E-state index < -0.39 is 17.1 Å². The van der Waals surface area contributed by atoms with E-state index in [0.29, 0.717) is 44.1 Å². The van der Waals surface area contributed by atoms with Crippen LogP contribution in [0.25, 0.3) is 6.08 Å². The number of hydrogen-bond acceptors (Lipinski definition) is 7. The van der Waals surface area contributed by atoms with Crippen molar-refractivity contribution in [3.05, 3.63) is 144 Å². The van der Waals surface area contributed by atoms with E-state index in [0.717, 1.165) is 0 Å². The minimum Gasteiger partial charge on any atom is -0.465 e. The third-order valence-electron chi connectivity index (χ3n) is 6.98. The van der Waals surface area contributed by atoms with Gasteiger partial charge in [-0.2, -0.15) is 0 Å². The van der Waals surface area contributed by atoms with Gasteiger partial charge in [-0.25, -0.2) is 4.90 Å². The Labute approximate surface area is 279 Å². The van der Waals surface area contributed by atoms with Crippen molar-refractivity contribution >= 4 is 64.4 Å². The fraction of sp³-hybridized carbons (Fsp3) is 0.0556. The predicted octanol–water partition coefficient (Wildman–Crippen LogP) is 7.56. The van der Waals surface area contributed by atoms with Crippen molar-refractivity contribution in [1.82, 2.24) is 5.32 Å². The fourth-order valence-electron chi connectivity index (χ4n) is 4.74. The lowest BCUT2D eigenvalue weighted by Gasteiger charge is -2.16. The second kappa shape index (κ2) is 14.2. The van der Waals surface area contributed by atoms with Crippen molar-refractivity contribution in [2.24, 2.45) is 0 Å². The highest BCUT2D eigenvalue weighted by atomic mass is 35.5. The van der Waals surface area contributed by atoms with E-state index in [1.165, 1.54) is 29.0 Å². The zero-order valence-corrected chi connectivity index (χ0v) is 26.2. The summed E-state index contributed by atoms with van der Waals surface area (Å²) in [6.07, 6.45) is 2.91. The Morgan fingerprint density at radius 2 is 1.60 bits per heavy atom. The molecule has 0 saturated carbocycles. The Kier molecular flexibility index (Phi) is 9.51. The number of furan rings is 1. The number of benzene rings is 4. The summed E-state index contributed by atoms with van der Waals surface area (Å²) >= 11 is 7.16. The summed E-state index contributed by atoms with van der Waals surface area (Å²) in [5, 5.41) is 5.40. The molecule has 1 aliphatic rings. The molecule has 1 unspecified atom stereocenters. The SMILES string of the molecule is O=C(Nc1cccc(SC2CC(=O)N(c3ccc(Oc4ccc(Cl)cc4)cc3)C2=O)c1)C(=Cc1ccco1)NC(=O)c1ccccc1. The van der Waals surface area contributed by atoms with Crippen molar-refractivity contribution < 1.29 is 28.3 Å². The van der Waals surface area contributed by atoms with E-state index in [1.54, 1.807) is 115 Å². The van der Waals surface area contributed by atoms with Gasteiger partial charge in [0.15, 0.2) is 0 Å². The van der Waals surface area contributed by atoms with Crippen molar-refractivity contribution in [3.63, 3.8) is 0 Å². The van der Waals surface area contributed by atoms with Gasteiger partial charge >= 0.3 is 0 Å². The molecule has 1 fully saturated rings. The minimum atomic E-state index is -0.655. The Bertz CT molecular complexity index is 1950. The van der Waals surface area contributed by atoms with E-state index in [9.17, 15) is 19.2 Å². The number of amides is 4. The second-order valence-corrected chi connectivity index (χ2v) is 12.0. The first-order valence-corrected chi connectivity index (χ1v) is 15.7. The summed E-state index contributed by atoms with van der Waals surface area (Å²) in [6.45, 7) is 0. The van der Waals surface area contributed by atoms with Crippen LogP contribution in [-0.4, -0.2) is 28.9 Å². The molecule has 4 amide bonds. The van der Waals surface area contributed by atoms with Gasteiger partial charge in [0.1, 0.15) is 23.0 Å². The molecule has 2 heterocycles. The third-order valence-corrected chi connectivity index (χ3v) is 8.41. The summed E-state index contributed by atoms with van der Waals surface area (Å²) < 4.78 is 11.2. The Balaban J connectivity index is 1.11. The summed E-state index contributed by atoms with van der Waals surface area (Å²) in [7, 11) is 0. The number of nitrogens with one attached hydrogen (secondary N) is 2. The van der Waals surface area contributed by atoms with Crippen molar-refractivity contribution in [2.45, 2.75) is 16.6 Å². The molecule has 4 aromatic carbocycles. The van der Waals surface area contributed by atoms with Crippen LogP contribution < -0.4 is 20.3 Å². The highest BCUT2D eigenvalue weighted by molar-refractivity contribution is 8.00. The number of ether oxygens (including phenoxy) is 1. The molecule has 1 aliphatic heterocycles. The lowest BCUT2D eigenvalue weighted by molar-refractivity contribution is -0.121. The molecule has 47 heavy (non-hydrogen) atoms. The van der Waals surface area contributed by atoms with Crippen LogP contribution in [0.4, 0.5) is 11.4 Å². The first kappa shape index (κ1) is 31.4. The van der Waals surface area contributed by atoms with Gasteiger partial charge in [-0.05, 0) is 91.0 Å². The van der Waals surface area contributed by atoms with Crippen LogP contribution in [0.15, 0.2) is 137 Å². The number of rotatable bonds is 10. The summed E-state index contributed by atoms with van der Waals surface area (Å²) in [4.78, 5) is 54.3. The molecule has 1 atom stereocenters. The first-order chi connectivity index (χ1) is 22.8. The molecule has 1 saturated heterocycles. The quantitative estimate of drug-likeness (QED) is 0.117. The van der Waals surface area contributed by atoms with E-state index >= 15 is 0 Å². The van der Waals surface area contributed by atoms with Crippen LogP contribution in [0, 0.1) is 0 Å². The molecule has 1 aromatic heterocycles. The van der Waals surface area contributed by atoms with Crippen LogP contribution in [0.1, 0.15) is 22.5 Å². The van der Waals surface area contributed by atoms with Gasteiger partial charge < -0.3 is 19.8 Å². The van der Waals surface area contributed by atoms with Gasteiger partial charge in [-0.15, -0.1) is 11.8 Å². The molecule has 0 aliphatic carbocycles. The lowest BCUT2D eigenvalue weighted by atomic mass is 10.2. The molecule has 0 spiro atoms. The highest BCUT2D eigenvalue weighted by Gasteiger charge is 2.40. The molecule has 6 rings (SSSR count). The van der Waals surface area contributed by atoms with Crippen LogP contribution in [0.2, 0.25) is 5.02 Å². The van der Waals surface area contributed by atoms with Gasteiger partial charge in [0.05, 0.1) is 17.2 Å². The third kappa shape index (κ3) is 7.81. The maximum absolute atomic E-state index is 13.4. The average molecular weight is 664 g/mol. The lowest BCUT2D eigenvalue weighted by Crippen LogP contribution is -2.31. The molecule has 11 heteroatoms. The molecule has 0 radical (unpaired) electrons. The molecule has 5 aromatic rings. The van der Waals surface area contributed by atoms with Crippen molar-refractivity contribution in [2.75, 3.05) is 10.2 Å². The number of nitrogens with zero attached hydrogens (tertiary/aromatic N) is 1. The highest BCUT2D eigenvalue weighted by Crippen LogP contribution is 2.36. The Hall–Kier alpha value is -5.58. The molecule has 9 nitrogen and oxygen atoms in total. The molecular formula is C36H26ClN3O6S. The first-order valence-electron chi connectivity index (χ1n) is 14.4. The zero-order chi connectivity index (χ0) is 32.8. The molecule has 0 bridgehead atoms. The topological polar surface area (TPSA) is 118 Å². The smallest absolute Gasteiger partial charge is 0.272 e. The minimum absolute atomic E-state index is 0.0185. The van der Waals surface area contributed by atoms with E-state index in [4.69, 9.17) is 20.8 Å². The number of thioether (sulfide) groups is 1. The second-order valence-electron chi connectivity index (χ2n) is 10.3. The van der Waals surface area contributed by atoms with Gasteiger partial charge in [0.25, 0.3) is 11.8 Å². The number of carbonyl (C=O) groups is 4. The maximum Gasteiger partial charge on any atom is 0.272 e. The van der Waals surface area contributed by atoms with Crippen LogP contribution in [0.5, 0.6) is 11.5 Å². The van der Waals surface area contributed by atoms with Gasteiger partial charge in [-0.3, -0.25) is 19.2 Å². The van der Waals surface area contributed by atoms with Crippen LogP contribution >= 0.6 is 23.4 Å². The Morgan fingerprint density at radius 3 is 2.30 bits per heavy atom. The fourth-order valence-corrected chi connectivity index (χ4v) is 5.98. The molecular weight excluding hydrogens is 638 g/mol. The number of carbonyl (C=O) groups excluding carboxylic acids is 4. The maximum atomic E-state index is 13.4. The number of anilines is 2. The van der Waals surface area contributed by atoms with E-state index in [2.05, 4.69) is 10.6 Å². The van der Waals surface area contributed by atoms with Gasteiger partial charge in [0.2, 0.25) is 11.8 Å².